The second-order valence-electron chi connectivity index (χ2n) is 5.88. The summed E-state index contributed by atoms with van der Waals surface area (Å²) in [5, 5.41) is 2.67. The van der Waals surface area contributed by atoms with Crippen LogP contribution in [0.25, 0.3) is 5.69 Å². The molecule has 0 bridgehead atoms. The SMILES string of the molecule is Cc1cc(C)c(CNC(=O)c2ccc(-n3cccc3)c(F)c2)c(=O)[nH]1. The predicted octanol–water partition coefficient (Wildman–Crippen LogP) is 2.85. The minimum Gasteiger partial charge on any atom is -0.348 e. The van der Waals surface area contributed by atoms with Crippen LogP contribution in [0.2, 0.25) is 0 Å². The Hall–Kier alpha value is -3.15. The second kappa shape index (κ2) is 6.76. The maximum Gasteiger partial charge on any atom is 0.253 e. The molecule has 0 unspecified atom stereocenters. The molecule has 0 atom stereocenters. The third kappa shape index (κ3) is 3.52. The third-order valence-corrected chi connectivity index (χ3v) is 4.01. The fraction of sp³-hybridized carbons (Fsp3) is 0.158. The van der Waals surface area contributed by atoms with E-state index in [-0.39, 0.29) is 17.7 Å². The predicted molar refractivity (Wildman–Crippen MR) is 93.4 cm³/mol. The van der Waals surface area contributed by atoms with Gasteiger partial charge in [0.1, 0.15) is 5.82 Å². The van der Waals surface area contributed by atoms with E-state index in [2.05, 4.69) is 10.3 Å². The molecule has 0 aliphatic rings. The number of carbonyl (C=O) groups excluding carboxylic acids is 1. The highest BCUT2D eigenvalue weighted by atomic mass is 19.1. The molecular weight excluding hydrogens is 321 g/mol. The first-order valence-electron chi connectivity index (χ1n) is 7.86. The van der Waals surface area contributed by atoms with Gasteiger partial charge in [0.2, 0.25) is 0 Å². The first kappa shape index (κ1) is 16.7. The Morgan fingerprint density at radius 3 is 2.56 bits per heavy atom. The quantitative estimate of drug-likeness (QED) is 0.767. The number of aromatic nitrogens is 2. The molecule has 0 aliphatic heterocycles. The Labute approximate surface area is 144 Å². The molecule has 3 rings (SSSR count). The Balaban J connectivity index is 1.76. The van der Waals surface area contributed by atoms with Crippen LogP contribution in [0, 0.1) is 19.7 Å². The van der Waals surface area contributed by atoms with Crippen molar-refractivity contribution in [2.75, 3.05) is 0 Å². The van der Waals surface area contributed by atoms with Gasteiger partial charge in [0, 0.05) is 35.8 Å². The van der Waals surface area contributed by atoms with Gasteiger partial charge in [-0.15, -0.1) is 0 Å². The molecular formula is C19H18FN3O2. The van der Waals surface area contributed by atoms with Crippen molar-refractivity contribution in [3.63, 3.8) is 0 Å². The second-order valence-corrected chi connectivity index (χ2v) is 5.88. The molecule has 0 saturated carbocycles. The van der Waals surface area contributed by atoms with E-state index in [0.29, 0.717) is 11.3 Å². The average molecular weight is 339 g/mol. The number of aryl methyl sites for hydroxylation is 2. The number of hydrogen-bond acceptors (Lipinski definition) is 2. The summed E-state index contributed by atoms with van der Waals surface area (Å²) in [4.78, 5) is 26.9. The standard InChI is InChI=1S/C19H18FN3O2/c1-12-9-13(2)22-19(25)15(12)11-21-18(24)14-5-6-17(16(20)10-14)23-7-3-4-8-23/h3-10H,11H2,1-2H3,(H,21,24)(H,22,25). The van der Waals surface area contributed by atoms with Gasteiger partial charge in [-0.25, -0.2) is 4.39 Å². The molecule has 0 spiro atoms. The molecule has 6 heteroatoms. The number of amides is 1. The largest absolute Gasteiger partial charge is 0.348 e. The van der Waals surface area contributed by atoms with Crippen molar-refractivity contribution in [2.45, 2.75) is 20.4 Å². The van der Waals surface area contributed by atoms with Crippen molar-refractivity contribution in [3.8, 4) is 5.69 Å². The first-order chi connectivity index (χ1) is 12.0. The zero-order valence-corrected chi connectivity index (χ0v) is 14.0. The molecule has 0 aliphatic carbocycles. The zero-order chi connectivity index (χ0) is 18.0. The molecule has 3 aromatic rings. The van der Waals surface area contributed by atoms with Crippen LogP contribution < -0.4 is 10.9 Å². The van der Waals surface area contributed by atoms with Gasteiger partial charge in [-0.2, -0.15) is 0 Å². The lowest BCUT2D eigenvalue weighted by atomic mass is 10.1. The minimum absolute atomic E-state index is 0.0846. The van der Waals surface area contributed by atoms with Gasteiger partial charge in [-0.3, -0.25) is 9.59 Å². The van der Waals surface area contributed by atoms with Crippen LogP contribution in [0.4, 0.5) is 4.39 Å². The lowest BCUT2D eigenvalue weighted by Gasteiger charge is -2.10. The van der Waals surface area contributed by atoms with Crippen LogP contribution in [0.5, 0.6) is 0 Å². The van der Waals surface area contributed by atoms with Crippen LogP contribution in [0.3, 0.4) is 0 Å². The summed E-state index contributed by atoms with van der Waals surface area (Å²) >= 11 is 0. The Morgan fingerprint density at radius 2 is 1.92 bits per heavy atom. The maximum atomic E-state index is 14.3. The first-order valence-corrected chi connectivity index (χ1v) is 7.86. The number of aromatic amines is 1. The molecule has 0 radical (unpaired) electrons. The molecule has 2 N–H and O–H groups in total. The minimum atomic E-state index is -0.492. The van der Waals surface area contributed by atoms with Crippen LogP contribution in [-0.2, 0) is 6.54 Å². The highest BCUT2D eigenvalue weighted by Gasteiger charge is 2.12. The Bertz CT molecular complexity index is 975. The van der Waals surface area contributed by atoms with Gasteiger partial charge in [0.15, 0.2) is 0 Å². The number of hydrogen-bond donors (Lipinski definition) is 2. The van der Waals surface area contributed by atoms with Crippen LogP contribution in [0.1, 0.15) is 27.2 Å². The third-order valence-electron chi connectivity index (χ3n) is 4.01. The molecule has 5 nitrogen and oxygen atoms in total. The number of H-pyrrole nitrogens is 1. The number of rotatable bonds is 4. The normalized spacial score (nSPS) is 10.7. The maximum absolute atomic E-state index is 14.3. The van der Waals surface area contributed by atoms with Crippen molar-refractivity contribution >= 4 is 5.91 Å². The topological polar surface area (TPSA) is 66.9 Å². The average Bonchev–Trinajstić information content (AvgIpc) is 3.07. The van der Waals surface area contributed by atoms with Gasteiger partial charge in [-0.05, 0) is 55.8 Å². The highest BCUT2D eigenvalue weighted by molar-refractivity contribution is 5.94. The lowest BCUT2D eigenvalue weighted by molar-refractivity contribution is 0.0950. The summed E-state index contributed by atoms with van der Waals surface area (Å²) in [5.41, 5.74) is 2.40. The summed E-state index contributed by atoms with van der Waals surface area (Å²) < 4.78 is 15.9. The summed E-state index contributed by atoms with van der Waals surface area (Å²) in [6.45, 7) is 3.70. The van der Waals surface area contributed by atoms with E-state index in [1.54, 1.807) is 48.1 Å². The van der Waals surface area contributed by atoms with Crippen molar-refractivity contribution < 1.29 is 9.18 Å². The van der Waals surface area contributed by atoms with E-state index in [9.17, 15) is 14.0 Å². The van der Waals surface area contributed by atoms with E-state index >= 15 is 0 Å². The molecule has 2 heterocycles. The number of pyridine rings is 1. The van der Waals surface area contributed by atoms with Gasteiger partial charge < -0.3 is 14.9 Å². The molecule has 1 aromatic carbocycles. The molecule has 128 valence electrons. The van der Waals surface area contributed by atoms with Gasteiger partial charge in [0.05, 0.1) is 5.69 Å². The fourth-order valence-electron chi connectivity index (χ4n) is 2.72. The van der Waals surface area contributed by atoms with Crippen molar-refractivity contribution in [2.24, 2.45) is 0 Å². The molecule has 1 amide bonds. The molecule has 2 aromatic heterocycles. The summed E-state index contributed by atoms with van der Waals surface area (Å²) in [6.07, 6.45) is 3.45. The number of carbonyl (C=O) groups is 1. The monoisotopic (exact) mass is 339 g/mol. The van der Waals surface area contributed by atoms with E-state index in [1.807, 2.05) is 13.0 Å². The number of benzene rings is 1. The van der Waals surface area contributed by atoms with E-state index < -0.39 is 11.7 Å². The smallest absolute Gasteiger partial charge is 0.253 e. The van der Waals surface area contributed by atoms with Gasteiger partial charge in [0.25, 0.3) is 11.5 Å². The fourth-order valence-corrected chi connectivity index (χ4v) is 2.72. The van der Waals surface area contributed by atoms with Crippen molar-refractivity contribution in [3.05, 3.63) is 87.3 Å². The van der Waals surface area contributed by atoms with Crippen molar-refractivity contribution in [1.29, 1.82) is 0 Å². The Kier molecular flexibility index (Phi) is 4.52. The number of halogens is 1. The van der Waals surface area contributed by atoms with E-state index in [4.69, 9.17) is 0 Å². The lowest BCUT2D eigenvalue weighted by Crippen LogP contribution is -2.28. The van der Waals surface area contributed by atoms with Gasteiger partial charge >= 0.3 is 0 Å². The number of nitrogens with zero attached hydrogens (tertiary/aromatic N) is 1. The summed E-state index contributed by atoms with van der Waals surface area (Å²) in [5.74, 6) is -0.925. The van der Waals surface area contributed by atoms with E-state index in [1.165, 1.54) is 6.07 Å². The van der Waals surface area contributed by atoms with Crippen LogP contribution in [0.15, 0.2) is 53.6 Å². The number of nitrogens with one attached hydrogen (secondary N) is 2. The highest BCUT2D eigenvalue weighted by Crippen LogP contribution is 2.15. The molecule has 25 heavy (non-hydrogen) atoms. The molecule has 0 fully saturated rings. The summed E-state index contributed by atoms with van der Waals surface area (Å²) in [7, 11) is 0. The Morgan fingerprint density at radius 1 is 1.20 bits per heavy atom. The van der Waals surface area contributed by atoms with Crippen LogP contribution >= 0.6 is 0 Å². The van der Waals surface area contributed by atoms with E-state index in [0.717, 1.165) is 11.3 Å². The van der Waals surface area contributed by atoms with Gasteiger partial charge in [-0.1, -0.05) is 0 Å². The molecule has 0 saturated heterocycles. The van der Waals surface area contributed by atoms with Crippen LogP contribution in [-0.4, -0.2) is 15.5 Å². The zero-order valence-electron chi connectivity index (χ0n) is 14.0. The summed E-state index contributed by atoms with van der Waals surface area (Å²) in [6, 6.07) is 9.72. The van der Waals surface area contributed by atoms with Crippen molar-refractivity contribution in [1.82, 2.24) is 14.9 Å².